The van der Waals surface area contributed by atoms with Crippen molar-refractivity contribution in [3.63, 3.8) is 0 Å². The lowest BCUT2D eigenvalue weighted by Crippen LogP contribution is -2.24. The van der Waals surface area contributed by atoms with Crippen LogP contribution in [0.25, 0.3) is 22.0 Å². The van der Waals surface area contributed by atoms with E-state index < -0.39 is 0 Å². The van der Waals surface area contributed by atoms with E-state index in [0.29, 0.717) is 23.7 Å². The van der Waals surface area contributed by atoms with Crippen LogP contribution in [0, 0.1) is 6.92 Å². The molecule has 0 N–H and O–H groups in total. The molecule has 7 nitrogen and oxygen atoms in total. The van der Waals surface area contributed by atoms with Gasteiger partial charge in [-0.1, -0.05) is 46.3 Å². The molecule has 0 aliphatic carbocycles. The van der Waals surface area contributed by atoms with Crippen LogP contribution in [0.1, 0.15) is 36.2 Å². The third kappa shape index (κ3) is 4.49. The third-order valence-corrected chi connectivity index (χ3v) is 7.28. The Morgan fingerprint density at radius 2 is 1.63 bits per heavy atom. The maximum Gasteiger partial charge on any atom is 0.240 e. The molecule has 4 aromatic rings. The topological polar surface area (TPSA) is 73.3 Å². The zero-order valence-corrected chi connectivity index (χ0v) is 23.5. The number of aryl methyl sites for hydroxylation is 1. The number of aromatic nitrogens is 1. The lowest BCUT2D eigenvalue weighted by Gasteiger charge is -2.22. The van der Waals surface area contributed by atoms with E-state index in [4.69, 9.17) is 24.3 Å². The van der Waals surface area contributed by atoms with Crippen LogP contribution in [0.5, 0.6) is 17.2 Å². The van der Waals surface area contributed by atoms with Crippen LogP contribution in [-0.4, -0.2) is 42.9 Å². The molecule has 0 radical (unpaired) electrons. The van der Waals surface area contributed by atoms with Gasteiger partial charge in [0.15, 0.2) is 11.5 Å². The van der Waals surface area contributed by atoms with Gasteiger partial charge in [0.1, 0.15) is 0 Å². The molecule has 0 saturated carbocycles. The average Bonchev–Trinajstić information content (AvgIpc) is 3.37. The number of rotatable bonds is 6. The minimum atomic E-state index is -0.350. The Balaban J connectivity index is 1.70. The number of nitrogens with zero attached hydrogens (tertiary/aromatic N) is 3. The molecule has 38 heavy (non-hydrogen) atoms. The van der Waals surface area contributed by atoms with Crippen LogP contribution in [0.15, 0.2) is 70.2 Å². The van der Waals surface area contributed by atoms with Gasteiger partial charge in [0.25, 0.3) is 0 Å². The molecule has 1 aromatic heterocycles. The van der Waals surface area contributed by atoms with Gasteiger partial charge in [0.05, 0.1) is 38.6 Å². The summed E-state index contributed by atoms with van der Waals surface area (Å²) in [6.45, 7) is 3.52. The van der Waals surface area contributed by atoms with Gasteiger partial charge in [-0.25, -0.2) is 5.01 Å². The van der Waals surface area contributed by atoms with Crippen molar-refractivity contribution in [3.8, 4) is 28.4 Å². The maximum absolute atomic E-state index is 12.8. The second-order valence-corrected chi connectivity index (χ2v) is 9.98. The number of amides is 1. The second-order valence-electron chi connectivity index (χ2n) is 9.06. The number of ether oxygens (including phenoxy) is 3. The summed E-state index contributed by atoms with van der Waals surface area (Å²) in [6.07, 6.45) is 0.500. The zero-order chi connectivity index (χ0) is 27.0. The fraction of sp³-hybridized carbons (Fsp3) is 0.233. The van der Waals surface area contributed by atoms with Crippen molar-refractivity contribution in [1.82, 2.24) is 9.99 Å². The van der Waals surface area contributed by atoms with Crippen LogP contribution in [-0.2, 0) is 4.79 Å². The Morgan fingerprint density at radius 1 is 0.947 bits per heavy atom. The molecular weight excluding hydrogens is 546 g/mol. The molecule has 8 heteroatoms. The number of fused-ring (bicyclic) bond motifs is 1. The Kier molecular flexibility index (Phi) is 7.08. The van der Waals surface area contributed by atoms with Gasteiger partial charge in [-0.15, -0.1) is 0 Å². The largest absolute Gasteiger partial charge is 0.493 e. The van der Waals surface area contributed by atoms with Gasteiger partial charge in [-0.05, 0) is 48.4 Å². The van der Waals surface area contributed by atoms with E-state index >= 15 is 0 Å². The number of methoxy groups -OCH3 is 3. The summed E-state index contributed by atoms with van der Waals surface area (Å²) in [5.74, 6) is 1.39. The van der Waals surface area contributed by atoms with Crippen molar-refractivity contribution in [2.75, 3.05) is 21.3 Å². The third-order valence-electron chi connectivity index (χ3n) is 6.78. The number of halogens is 1. The minimum Gasteiger partial charge on any atom is -0.493 e. The molecule has 1 aliphatic heterocycles. The van der Waals surface area contributed by atoms with Gasteiger partial charge in [-0.2, -0.15) is 5.10 Å². The van der Waals surface area contributed by atoms with Crippen molar-refractivity contribution in [1.29, 1.82) is 0 Å². The van der Waals surface area contributed by atoms with Crippen LogP contribution < -0.4 is 14.2 Å². The van der Waals surface area contributed by atoms with E-state index in [1.165, 1.54) is 11.9 Å². The van der Waals surface area contributed by atoms with Crippen LogP contribution in [0.3, 0.4) is 0 Å². The van der Waals surface area contributed by atoms with Crippen molar-refractivity contribution >= 4 is 38.5 Å². The first-order chi connectivity index (χ1) is 18.4. The highest BCUT2D eigenvalue weighted by atomic mass is 79.9. The number of carbonyl (C=O) groups excluding carboxylic acids is 1. The first-order valence-corrected chi connectivity index (χ1v) is 13.0. The molecule has 1 atom stereocenters. The highest BCUT2D eigenvalue weighted by molar-refractivity contribution is 9.10. The molecule has 194 valence electrons. The van der Waals surface area contributed by atoms with Gasteiger partial charge >= 0.3 is 0 Å². The molecule has 1 aliphatic rings. The molecule has 0 saturated heterocycles. The lowest BCUT2D eigenvalue weighted by atomic mass is 9.89. The predicted molar refractivity (Wildman–Crippen MR) is 152 cm³/mol. The SMILES string of the molecule is COc1cc([C@@H]2CC(c3c(C)nc4ccc(Br)cc4c3-c3ccccc3)=NN2C(C)=O)cc(OC)c1OC. The van der Waals surface area contributed by atoms with Gasteiger partial charge in [-0.3, -0.25) is 9.78 Å². The van der Waals surface area contributed by atoms with Gasteiger partial charge in [0.2, 0.25) is 11.7 Å². The van der Waals surface area contributed by atoms with Crippen LogP contribution in [0.2, 0.25) is 0 Å². The highest BCUT2D eigenvalue weighted by Crippen LogP contribution is 2.44. The van der Waals surface area contributed by atoms with Crippen molar-refractivity contribution < 1.29 is 19.0 Å². The van der Waals surface area contributed by atoms with Gasteiger partial charge in [0, 0.05) is 40.0 Å². The minimum absolute atomic E-state index is 0.158. The lowest BCUT2D eigenvalue weighted by molar-refractivity contribution is -0.130. The molecule has 2 heterocycles. The van der Waals surface area contributed by atoms with Crippen LogP contribution in [0.4, 0.5) is 0 Å². The summed E-state index contributed by atoms with van der Waals surface area (Å²) in [4.78, 5) is 17.8. The number of benzene rings is 3. The first-order valence-electron chi connectivity index (χ1n) is 12.2. The number of hydrogen-bond acceptors (Lipinski definition) is 6. The summed E-state index contributed by atoms with van der Waals surface area (Å²) in [6, 6.07) is 19.7. The number of hydrazone groups is 1. The van der Waals surface area contributed by atoms with Crippen molar-refractivity contribution in [3.05, 3.63) is 82.0 Å². The normalized spacial score (nSPS) is 14.9. The Morgan fingerprint density at radius 3 is 2.24 bits per heavy atom. The Hall–Kier alpha value is -3.91. The summed E-state index contributed by atoms with van der Waals surface area (Å²) in [5.41, 5.74) is 6.42. The Bertz CT molecular complexity index is 1540. The number of hydrogen-bond donors (Lipinski definition) is 0. The smallest absolute Gasteiger partial charge is 0.240 e. The van der Waals surface area contributed by atoms with Crippen molar-refractivity contribution in [2.45, 2.75) is 26.3 Å². The summed E-state index contributed by atoms with van der Waals surface area (Å²) < 4.78 is 17.6. The van der Waals surface area contributed by atoms with E-state index in [2.05, 4.69) is 34.1 Å². The molecule has 0 bridgehead atoms. The quantitative estimate of drug-likeness (QED) is 0.257. The van der Waals surface area contributed by atoms with Crippen molar-refractivity contribution in [2.24, 2.45) is 5.10 Å². The number of pyridine rings is 1. The van der Waals surface area contributed by atoms with E-state index in [1.807, 2.05) is 49.4 Å². The highest BCUT2D eigenvalue weighted by Gasteiger charge is 2.35. The molecule has 1 amide bonds. The fourth-order valence-electron chi connectivity index (χ4n) is 5.12. The Labute approximate surface area is 230 Å². The molecular formula is C30H28BrN3O4. The van der Waals surface area contributed by atoms with E-state index in [-0.39, 0.29) is 11.9 Å². The monoisotopic (exact) mass is 573 g/mol. The molecule has 3 aromatic carbocycles. The fourth-order valence-corrected chi connectivity index (χ4v) is 5.48. The second kappa shape index (κ2) is 10.5. The molecule has 0 unspecified atom stereocenters. The average molecular weight is 574 g/mol. The van der Waals surface area contributed by atoms with E-state index in [0.717, 1.165) is 49.0 Å². The van der Waals surface area contributed by atoms with E-state index in [1.54, 1.807) is 21.3 Å². The predicted octanol–water partition coefficient (Wildman–Crippen LogP) is 6.70. The standard InChI is InChI=1S/C30H28BrN3O4/c1-17-28(29(19-9-7-6-8-10-19)22-15-21(31)11-12-23(22)32-17)24-16-25(34(33-24)18(2)35)20-13-26(36-3)30(38-5)27(14-20)37-4/h6-15,25H,16H2,1-5H3/t25-/m0/s1. The first kappa shape index (κ1) is 25.7. The zero-order valence-electron chi connectivity index (χ0n) is 21.9. The van der Waals surface area contributed by atoms with E-state index in [9.17, 15) is 4.79 Å². The summed E-state index contributed by atoms with van der Waals surface area (Å²) in [5, 5.41) is 7.43. The van der Waals surface area contributed by atoms with Gasteiger partial charge < -0.3 is 14.2 Å². The van der Waals surface area contributed by atoms with Crippen LogP contribution >= 0.6 is 15.9 Å². The molecule has 5 rings (SSSR count). The summed E-state index contributed by atoms with van der Waals surface area (Å²) >= 11 is 3.63. The maximum atomic E-state index is 12.8. The molecule has 0 spiro atoms. The number of carbonyl (C=O) groups is 1. The summed E-state index contributed by atoms with van der Waals surface area (Å²) in [7, 11) is 4.72. The molecule has 0 fully saturated rings.